The van der Waals surface area contributed by atoms with Crippen LogP contribution in [0, 0.1) is 6.92 Å². The van der Waals surface area contributed by atoms with Crippen molar-refractivity contribution >= 4 is 11.7 Å². The van der Waals surface area contributed by atoms with Gasteiger partial charge in [0.2, 0.25) is 0 Å². The van der Waals surface area contributed by atoms with Crippen LogP contribution >= 0.6 is 0 Å². The summed E-state index contributed by atoms with van der Waals surface area (Å²) in [6, 6.07) is 8.72. The minimum Gasteiger partial charge on any atom is -0.462 e. The largest absolute Gasteiger partial charge is 0.462 e. The van der Waals surface area contributed by atoms with Crippen molar-refractivity contribution in [3.8, 4) is 0 Å². The summed E-state index contributed by atoms with van der Waals surface area (Å²) >= 11 is 0. The smallest absolute Gasteiger partial charge is 0.338 e. The quantitative estimate of drug-likeness (QED) is 0.729. The molecule has 0 radical (unpaired) electrons. The van der Waals surface area contributed by atoms with Crippen LogP contribution in [0.2, 0.25) is 0 Å². The molecule has 112 valence electrons. The van der Waals surface area contributed by atoms with Crippen molar-refractivity contribution < 1.29 is 9.53 Å². The van der Waals surface area contributed by atoms with E-state index in [0.29, 0.717) is 29.0 Å². The monoisotopic (exact) mass is 298 g/mol. The van der Waals surface area contributed by atoms with Crippen molar-refractivity contribution in [3.05, 3.63) is 63.8 Å². The van der Waals surface area contributed by atoms with E-state index in [0.717, 1.165) is 0 Å². The summed E-state index contributed by atoms with van der Waals surface area (Å²) in [6.45, 7) is 1.86. The molecule has 0 atom stereocenters. The average molecular weight is 298 g/mol. The molecule has 0 aliphatic heterocycles. The summed E-state index contributed by atoms with van der Waals surface area (Å²) in [4.78, 5) is 32.3. The molecule has 2 aromatic heterocycles. The number of esters is 1. The standard InChI is InChI=1S/C15H14N4O3/c1-10-12(13(20)19-15(18-10)16-9-17-19)7-8-22-14(21)11-5-3-2-4-6-11/h2-6,9H,7-8H2,1H3,(H,16,17,18). The van der Waals surface area contributed by atoms with E-state index in [9.17, 15) is 9.59 Å². The van der Waals surface area contributed by atoms with Crippen molar-refractivity contribution in [1.82, 2.24) is 19.6 Å². The maximum absolute atomic E-state index is 12.3. The molecule has 7 heteroatoms. The van der Waals surface area contributed by atoms with E-state index in [-0.39, 0.29) is 12.2 Å². The van der Waals surface area contributed by atoms with Gasteiger partial charge in [0, 0.05) is 12.0 Å². The number of nitrogens with one attached hydrogen (secondary N) is 1. The van der Waals surface area contributed by atoms with Crippen molar-refractivity contribution in [3.63, 3.8) is 0 Å². The number of hydrogen-bond donors (Lipinski definition) is 1. The molecule has 0 spiro atoms. The maximum Gasteiger partial charge on any atom is 0.338 e. The predicted molar refractivity (Wildman–Crippen MR) is 78.8 cm³/mol. The van der Waals surface area contributed by atoms with Gasteiger partial charge in [0.15, 0.2) is 0 Å². The third kappa shape index (κ3) is 2.60. The molecule has 2 heterocycles. The zero-order valence-electron chi connectivity index (χ0n) is 11.9. The lowest BCUT2D eigenvalue weighted by molar-refractivity contribution is 0.0508. The number of benzene rings is 1. The Morgan fingerprint density at radius 2 is 2.09 bits per heavy atom. The van der Waals surface area contributed by atoms with Crippen molar-refractivity contribution in [2.75, 3.05) is 6.61 Å². The highest BCUT2D eigenvalue weighted by atomic mass is 16.5. The summed E-state index contributed by atoms with van der Waals surface area (Å²) in [5.74, 6) is -0.0820. The molecule has 7 nitrogen and oxygen atoms in total. The average Bonchev–Trinajstić information content (AvgIpc) is 2.99. The molecule has 0 unspecified atom stereocenters. The third-order valence-electron chi connectivity index (χ3n) is 3.33. The van der Waals surface area contributed by atoms with Crippen LogP contribution in [0.25, 0.3) is 5.78 Å². The van der Waals surface area contributed by atoms with Gasteiger partial charge in [-0.25, -0.2) is 14.8 Å². The Hall–Kier alpha value is -2.96. The summed E-state index contributed by atoms with van der Waals surface area (Å²) in [7, 11) is 0. The fraction of sp³-hybridized carbons (Fsp3) is 0.200. The third-order valence-corrected chi connectivity index (χ3v) is 3.33. The number of H-pyrrole nitrogens is 1. The first-order valence-corrected chi connectivity index (χ1v) is 6.80. The topological polar surface area (TPSA) is 89.3 Å². The normalized spacial score (nSPS) is 10.8. The van der Waals surface area contributed by atoms with E-state index in [2.05, 4.69) is 15.1 Å². The fourth-order valence-electron chi connectivity index (χ4n) is 2.19. The summed E-state index contributed by atoms with van der Waals surface area (Å²) in [5.41, 5.74) is 1.35. The minimum absolute atomic E-state index is 0.117. The number of ether oxygens (including phenoxy) is 1. The van der Waals surface area contributed by atoms with Gasteiger partial charge in [-0.2, -0.15) is 4.52 Å². The zero-order chi connectivity index (χ0) is 15.5. The van der Waals surface area contributed by atoms with Crippen LogP contribution in [0.5, 0.6) is 0 Å². The van der Waals surface area contributed by atoms with Crippen molar-refractivity contribution in [2.45, 2.75) is 13.3 Å². The zero-order valence-corrected chi connectivity index (χ0v) is 11.9. The number of fused-ring (bicyclic) bond motifs is 1. The highest BCUT2D eigenvalue weighted by Crippen LogP contribution is 2.05. The van der Waals surface area contributed by atoms with E-state index < -0.39 is 5.97 Å². The van der Waals surface area contributed by atoms with Gasteiger partial charge in [-0.1, -0.05) is 18.2 Å². The number of carbonyl (C=O) groups excluding carboxylic acids is 1. The van der Waals surface area contributed by atoms with Gasteiger partial charge < -0.3 is 4.74 Å². The molecule has 0 saturated carbocycles. The van der Waals surface area contributed by atoms with E-state index >= 15 is 0 Å². The Bertz CT molecular complexity index is 867. The van der Waals surface area contributed by atoms with Gasteiger partial charge >= 0.3 is 5.97 Å². The van der Waals surface area contributed by atoms with Crippen LogP contribution in [0.4, 0.5) is 0 Å². The Morgan fingerprint density at radius 3 is 2.86 bits per heavy atom. The van der Waals surface area contributed by atoms with Crippen LogP contribution in [0.15, 0.2) is 41.5 Å². The summed E-state index contributed by atoms with van der Waals surface area (Å²) in [5, 5.41) is 2.70. The van der Waals surface area contributed by atoms with Gasteiger partial charge in [-0.15, -0.1) is 0 Å². The lowest BCUT2D eigenvalue weighted by atomic mass is 10.2. The molecule has 0 aliphatic carbocycles. The van der Waals surface area contributed by atoms with E-state index in [1.807, 2.05) is 6.07 Å². The molecule has 0 aliphatic rings. The number of carbonyl (C=O) groups is 1. The molecular weight excluding hydrogens is 284 g/mol. The molecule has 0 amide bonds. The lowest BCUT2D eigenvalue weighted by Crippen LogP contribution is -2.23. The molecule has 0 saturated heterocycles. The van der Waals surface area contributed by atoms with Gasteiger partial charge in [-0.3, -0.25) is 9.89 Å². The highest BCUT2D eigenvalue weighted by Gasteiger charge is 2.12. The molecule has 3 aromatic rings. The van der Waals surface area contributed by atoms with Crippen LogP contribution in [0.1, 0.15) is 21.6 Å². The first kappa shape index (κ1) is 14.0. The van der Waals surface area contributed by atoms with Gasteiger partial charge in [0.05, 0.1) is 17.9 Å². The number of rotatable bonds is 4. The van der Waals surface area contributed by atoms with Crippen LogP contribution < -0.4 is 5.56 Å². The summed E-state index contributed by atoms with van der Waals surface area (Å²) < 4.78 is 6.46. The molecule has 22 heavy (non-hydrogen) atoms. The van der Waals surface area contributed by atoms with Gasteiger partial charge in [-0.05, 0) is 19.1 Å². The predicted octanol–water partition coefficient (Wildman–Crippen LogP) is 1.13. The lowest BCUT2D eigenvalue weighted by Gasteiger charge is -2.06. The molecular formula is C15H14N4O3. The molecule has 0 bridgehead atoms. The van der Waals surface area contributed by atoms with Gasteiger partial charge in [0.25, 0.3) is 11.3 Å². The first-order chi connectivity index (χ1) is 10.7. The van der Waals surface area contributed by atoms with Crippen molar-refractivity contribution in [2.24, 2.45) is 0 Å². The number of nitrogens with zero attached hydrogens (tertiary/aromatic N) is 3. The van der Waals surface area contributed by atoms with Crippen LogP contribution in [-0.2, 0) is 11.2 Å². The molecule has 1 aromatic carbocycles. The summed E-state index contributed by atoms with van der Waals surface area (Å²) in [6.07, 6.45) is 1.71. The molecule has 0 fully saturated rings. The highest BCUT2D eigenvalue weighted by molar-refractivity contribution is 5.89. The van der Waals surface area contributed by atoms with Crippen molar-refractivity contribution in [1.29, 1.82) is 0 Å². The maximum atomic E-state index is 12.3. The number of hydrogen-bond acceptors (Lipinski definition) is 5. The van der Waals surface area contributed by atoms with Crippen LogP contribution in [0.3, 0.4) is 0 Å². The number of aromatic nitrogens is 4. The number of aromatic amines is 1. The van der Waals surface area contributed by atoms with Crippen LogP contribution in [-0.4, -0.2) is 32.2 Å². The second-order valence-electron chi connectivity index (χ2n) is 4.76. The number of aryl methyl sites for hydroxylation is 1. The Labute approximate surface area is 125 Å². The molecule has 3 rings (SSSR count). The van der Waals surface area contributed by atoms with E-state index in [1.54, 1.807) is 31.2 Å². The van der Waals surface area contributed by atoms with Gasteiger partial charge in [0.1, 0.15) is 6.33 Å². The Morgan fingerprint density at radius 1 is 1.32 bits per heavy atom. The molecule has 1 N–H and O–H groups in total. The fourth-order valence-corrected chi connectivity index (χ4v) is 2.19. The Kier molecular flexibility index (Phi) is 3.69. The first-order valence-electron chi connectivity index (χ1n) is 6.80. The second kappa shape index (κ2) is 5.80. The van der Waals surface area contributed by atoms with E-state index in [4.69, 9.17) is 4.74 Å². The van der Waals surface area contributed by atoms with E-state index in [1.165, 1.54) is 10.8 Å². The SMILES string of the molecule is Cc1nc2nc[nH]n2c(=O)c1CCOC(=O)c1ccccc1. The Balaban J connectivity index is 1.72. The minimum atomic E-state index is -0.408. The second-order valence-corrected chi connectivity index (χ2v) is 4.76.